The van der Waals surface area contributed by atoms with Crippen molar-refractivity contribution >= 4 is 27.5 Å². The lowest BCUT2D eigenvalue weighted by atomic mass is 9.93. The van der Waals surface area contributed by atoms with E-state index in [0.717, 1.165) is 35.8 Å². The average molecular weight is 327 g/mol. The fourth-order valence-corrected chi connectivity index (χ4v) is 2.68. The number of ether oxygens (including phenoxy) is 1. The molecule has 0 heterocycles. The van der Waals surface area contributed by atoms with E-state index >= 15 is 0 Å². The first-order chi connectivity index (χ1) is 9.15. The summed E-state index contributed by atoms with van der Waals surface area (Å²) in [5.74, 6) is -0.143. The van der Waals surface area contributed by atoms with Crippen molar-refractivity contribution in [3.05, 3.63) is 28.7 Å². The van der Waals surface area contributed by atoms with Crippen LogP contribution >= 0.6 is 15.9 Å². The van der Waals surface area contributed by atoms with Crippen molar-refractivity contribution in [1.29, 1.82) is 0 Å². The summed E-state index contributed by atoms with van der Waals surface area (Å²) in [6.07, 6.45) is 4.24. The highest BCUT2D eigenvalue weighted by atomic mass is 79.9. The van der Waals surface area contributed by atoms with Gasteiger partial charge in [-0.2, -0.15) is 0 Å². The predicted octanol–water partition coefficient (Wildman–Crippen LogP) is 2.67. The van der Waals surface area contributed by atoms with Crippen molar-refractivity contribution in [3.63, 3.8) is 0 Å². The van der Waals surface area contributed by atoms with Gasteiger partial charge < -0.3 is 15.8 Å². The number of halogens is 1. The molecule has 0 aliphatic heterocycles. The second-order valence-corrected chi connectivity index (χ2v) is 5.77. The van der Waals surface area contributed by atoms with Crippen LogP contribution in [0.3, 0.4) is 0 Å². The zero-order valence-corrected chi connectivity index (χ0v) is 12.4. The Bertz CT molecular complexity index is 439. The van der Waals surface area contributed by atoms with Crippen molar-refractivity contribution in [2.75, 3.05) is 11.9 Å². The van der Waals surface area contributed by atoms with E-state index in [0.29, 0.717) is 0 Å². The van der Waals surface area contributed by atoms with Gasteiger partial charge in [-0.3, -0.25) is 4.79 Å². The highest BCUT2D eigenvalue weighted by Crippen LogP contribution is 2.20. The smallest absolute Gasteiger partial charge is 0.250 e. The van der Waals surface area contributed by atoms with Gasteiger partial charge >= 0.3 is 0 Å². The van der Waals surface area contributed by atoms with Crippen molar-refractivity contribution in [2.24, 2.45) is 5.73 Å². The van der Waals surface area contributed by atoms with Crippen LogP contribution in [0.25, 0.3) is 0 Å². The van der Waals surface area contributed by atoms with Crippen LogP contribution < -0.4 is 11.1 Å². The van der Waals surface area contributed by atoms with E-state index < -0.39 is 0 Å². The summed E-state index contributed by atoms with van der Waals surface area (Å²) >= 11 is 3.36. The minimum Gasteiger partial charge on any atom is -0.367 e. The van der Waals surface area contributed by atoms with E-state index in [-0.39, 0.29) is 24.7 Å². The zero-order valence-electron chi connectivity index (χ0n) is 10.8. The molecule has 0 spiro atoms. The molecule has 5 heteroatoms. The fraction of sp³-hybridized carbons (Fsp3) is 0.500. The first-order valence-corrected chi connectivity index (χ1v) is 7.37. The fourth-order valence-electron chi connectivity index (χ4n) is 2.28. The van der Waals surface area contributed by atoms with E-state index in [1.54, 1.807) is 0 Å². The first kappa shape index (κ1) is 14.5. The van der Waals surface area contributed by atoms with Crippen LogP contribution in [0.5, 0.6) is 0 Å². The predicted molar refractivity (Wildman–Crippen MR) is 79.0 cm³/mol. The van der Waals surface area contributed by atoms with E-state index in [1.807, 2.05) is 24.3 Å². The van der Waals surface area contributed by atoms with Crippen molar-refractivity contribution in [2.45, 2.75) is 37.8 Å². The molecule has 2 rings (SSSR count). The monoisotopic (exact) mass is 326 g/mol. The molecule has 4 nitrogen and oxygen atoms in total. The number of carbonyl (C=O) groups excluding carboxylic acids is 1. The van der Waals surface area contributed by atoms with Crippen LogP contribution in [0.2, 0.25) is 0 Å². The van der Waals surface area contributed by atoms with Crippen LogP contribution in [0, 0.1) is 0 Å². The molecule has 0 bridgehead atoms. The maximum absolute atomic E-state index is 11.8. The molecular formula is C14H19BrN2O2. The molecule has 1 aliphatic carbocycles. The Hall–Kier alpha value is -0.910. The minimum atomic E-state index is -0.143. The minimum absolute atomic E-state index is 0.0157. The summed E-state index contributed by atoms with van der Waals surface area (Å²) in [6.45, 7) is 0.0604. The molecule has 1 amide bonds. The Balaban J connectivity index is 1.78. The topological polar surface area (TPSA) is 64.3 Å². The molecule has 19 heavy (non-hydrogen) atoms. The summed E-state index contributed by atoms with van der Waals surface area (Å²) in [6, 6.07) is 7.54. The molecule has 1 saturated carbocycles. The van der Waals surface area contributed by atoms with Gasteiger partial charge in [-0.15, -0.1) is 0 Å². The third-order valence-electron chi connectivity index (χ3n) is 3.29. The second-order valence-electron chi connectivity index (χ2n) is 4.86. The average Bonchev–Trinajstić information content (AvgIpc) is 2.38. The molecule has 104 valence electrons. The van der Waals surface area contributed by atoms with Gasteiger partial charge in [0, 0.05) is 16.2 Å². The van der Waals surface area contributed by atoms with Crippen LogP contribution in [0.1, 0.15) is 25.7 Å². The Morgan fingerprint density at radius 1 is 1.42 bits per heavy atom. The van der Waals surface area contributed by atoms with Gasteiger partial charge in [-0.1, -0.05) is 34.8 Å². The van der Waals surface area contributed by atoms with Gasteiger partial charge in [0.05, 0.1) is 6.10 Å². The van der Waals surface area contributed by atoms with E-state index in [4.69, 9.17) is 10.5 Å². The summed E-state index contributed by atoms with van der Waals surface area (Å²) in [7, 11) is 0. The Morgan fingerprint density at radius 2 is 2.21 bits per heavy atom. The number of hydrogen-bond donors (Lipinski definition) is 2. The number of carbonyl (C=O) groups is 1. The zero-order chi connectivity index (χ0) is 13.7. The summed E-state index contributed by atoms with van der Waals surface area (Å²) < 4.78 is 6.54. The SMILES string of the molecule is NC1CCCCC1OCC(=O)Nc1cccc(Br)c1. The summed E-state index contributed by atoms with van der Waals surface area (Å²) in [5.41, 5.74) is 6.73. The molecule has 0 radical (unpaired) electrons. The summed E-state index contributed by atoms with van der Waals surface area (Å²) in [4.78, 5) is 11.8. The normalized spacial score (nSPS) is 23.1. The third-order valence-corrected chi connectivity index (χ3v) is 3.78. The molecule has 2 unspecified atom stereocenters. The van der Waals surface area contributed by atoms with Gasteiger partial charge in [0.15, 0.2) is 0 Å². The van der Waals surface area contributed by atoms with Gasteiger partial charge in [0.2, 0.25) is 5.91 Å². The van der Waals surface area contributed by atoms with Gasteiger partial charge in [0.1, 0.15) is 6.61 Å². The quantitative estimate of drug-likeness (QED) is 0.894. The van der Waals surface area contributed by atoms with Gasteiger partial charge in [-0.25, -0.2) is 0 Å². The second kappa shape index (κ2) is 7.03. The molecule has 2 atom stereocenters. The lowest BCUT2D eigenvalue weighted by molar-refractivity contribution is -0.123. The largest absolute Gasteiger partial charge is 0.367 e. The molecule has 0 aromatic heterocycles. The number of hydrogen-bond acceptors (Lipinski definition) is 3. The van der Waals surface area contributed by atoms with Crippen molar-refractivity contribution in [1.82, 2.24) is 0 Å². The van der Waals surface area contributed by atoms with E-state index in [2.05, 4.69) is 21.2 Å². The number of rotatable bonds is 4. The van der Waals surface area contributed by atoms with Gasteiger partial charge in [0.25, 0.3) is 0 Å². The number of benzene rings is 1. The van der Waals surface area contributed by atoms with Crippen LogP contribution in [-0.2, 0) is 9.53 Å². The lowest BCUT2D eigenvalue weighted by Gasteiger charge is -2.28. The number of nitrogens with one attached hydrogen (secondary N) is 1. The molecular weight excluding hydrogens is 308 g/mol. The molecule has 3 N–H and O–H groups in total. The highest BCUT2D eigenvalue weighted by Gasteiger charge is 2.22. The summed E-state index contributed by atoms with van der Waals surface area (Å²) in [5, 5.41) is 2.80. The maximum atomic E-state index is 11.8. The maximum Gasteiger partial charge on any atom is 0.250 e. The number of amides is 1. The van der Waals surface area contributed by atoms with Crippen LogP contribution in [0.4, 0.5) is 5.69 Å². The first-order valence-electron chi connectivity index (χ1n) is 6.58. The van der Waals surface area contributed by atoms with E-state index in [9.17, 15) is 4.79 Å². The Morgan fingerprint density at radius 3 is 2.95 bits per heavy atom. The number of anilines is 1. The molecule has 1 fully saturated rings. The van der Waals surface area contributed by atoms with E-state index in [1.165, 1.54) is 0 Å². The third kappa shape index (κ3) is 4.60. The molecule has 1 aliphatic rings. The molecule has 1 aromatic carbocycles. The lowest BCUT2D eigenvalue weighted by Crippen LogP contribution is -2.40. The van der Waals surface area contributed by atoms with Crippen molar-refractivity contribution in [3.8, 4) is 0 Å². The standard InChI is InChI=1S/C14H19BrN2O2/c15-10-4-3-5-11(8-10)17-14(18)9-19-13-7-2-1-6-12(13)16/h3-5,8,12-13H,1-2,6-7,9,16H2,(H,17,18). The van der Waals surface area contributed by atoms with Crippen molar-refractivity contribution < 1.29 is 9.53 Å². The van der Waals surface area contributed by atoms with Crippen LogP contribution in [0.15, 0.2) is 28.7 Å². The Labute approximate surface area is 121 Å². The van der Waals surface area contributed by atoms with Gasteiger partial charge in [-0.05, 0) is 31.0 Å². The Kier molecular flexibility index (Phi) is 5.36. The number of nitrogens with two attached hydrogens (primary N) is 1. The molecule has 1 aromatic rings. The van der Waals surface area contributed by atoms with Crippen LogP contribution in [-0.4, -0.2) is 24.7 Å². The molecule has 0 saturated heterocycles. The highest BCUT2D eigenvalue weighted by molar-refractivity contribution is 9.10.